The number of thioether (sulfide) groups is 1. The number of hydrogen-bond donors (Lipinski definition) is 0. The summed E-state index contributed by atoms with van der Waals surface area (Å²) in [7, 11) is 2.71. The number of hydrogen-bond acceptors (Lipinski definition) is 9. The molecule has 1 aliphatic heterocycles. The molecule has 11 nitrogen and oxygen atoms in total. The monoisotopic (exact) mass is 431 g/mol. The predicted molar refractivity (Wildman–Crippen MR) is 107 cm³/mol. The van der Waals surface area contributed by atoms with Crippen LogP contribution in [0, 0.1) is 20.2 Å². The minimum atomic E-state index is -0.806. The van der Waals surface area contributed by atoms with E-state index in [1.807, 2.05) is 0 Å². The van der Waals surface area contributed by atoms with E-state index in [9.17, 15) is 29.8 Å². The number of nitro benzene ring substituents is 2. The molecule has 0 saturated carbocycles. The molecule has 2 aromatic rings. The van der Waals surface area contributed by atoms with Gasteiger partial charge in [-0.2, -0.15) is 0 Å². The van der Waals surface area contributed by atoms with E-state index in [1.54, 1.807) is 12.1 Å². The van der Waals surface area contributed by atoms with E-state index in [4.69, 9.17) is 9.47 Å². The molecule has 0 aliphatic carbocycles. The van der Waals surface area contributed by atoms with Crippen LogP contribution in [0.3, 0.4) is 0 Å². The van der Waals surface area contributed by atoms with E-state index in [-0.39, 0.29) is 22.2 Å². The van der Waals surface area contributed by atoms with Crippen LogP contribution in [0.5, 0.6) is 17.2 Å². The molecule has 1 saturated heterocycles. The second kappa shape index (κ2) is 8.21. The molecule has 0 unspecified atom stereocenters. The van der Waals surface area contributed by atoms with Crippen LogP contribution in [0.1, 0.15) is 5.56 Å². The number of imide groups is 1. The van der Waals surface area contributed by atoms with Crippen molar-refractivity contribution < 1.29 is 28.9 Å². The number of nitrogens with zero attached hydrogens (tertiary/aromatic N) is 3. The molecule has 1 fully saturated rings. The highest BCUT2D eigenvalue weighted by atomic mass is 32.2. The molecule has 0 N–H and O–H groups in total. The number of benzene rings is 2. The summed E-state index contributed by atoms with van der Waals surface area (Å²) < 4.78 is 11.0. The third-order valence-electron chi connectivity index (χ3n) is 4.06. The fourth-order valence-electron chi connectivity index (χ4n) is 2.56. The van der Waals surface area contributed by atoms with Crippen LogP contribution in [-0.2, 0) is 4.79 Å². The summed E-state index contributed by atoms with van der Waals surface area (Å²) in [5.41, 5.74) is -0.762. The Balaban J connectivity index is 2.09. The van der Waals surface area contributed by atoms with Crippen LogP contribution in [-0.4, -0.2) is 40.1 Å². The molecule has 154 valence electrons. The van der Waals surface area contributed by atoms with Gasteiger partial charge in [0, 0.05) is 18.7 Å². The van der Waals surface area contributed by atoms with E-state index >= 15 is 0 Å². The lowest BCUT2D eigenvalue weighted by Gasteiger charge is -2.13. The SMILES string of the molecule is COc1cccc(/C=C2/SC(=O)N(C)C2=O)c1Oc1ccc([N+](=O)[O-])cc1[N+](=O)[O-]. The maximum atomic E-state index is 12.2. The molecule has 0 bridgehead atoms. The molecule has 1 aliphatic rings. The Kier molecular flexibility index (Phi) is 5.69. The third kappa shape index (κ3) is 3.93. The second-order valence-electron chi connectivity index (χ2n) is 5.89. The summed E-state index contributed by atoms with van der Waals surface area (Å²) >= 11 is 0.737. The van der Waals surface area contributed by atoms with Crippen molar-refractivity contribution in [3.63, 3.8) is 0 Å². The normalized spacial score (nSPS) is 14.9. The Bertz CT molecular complexity index is 1110. The van der Waals surface area contributed by atoms with Gasteiger partial charge in [0.15, 0.2) is 11.5 Å². The Morgan fingerprint density at radius 2 is 1.80 bits per heavy atom. The zero-order valence-corrected chi connectivity index (χ0v) is 16.4. The molecule has 0 aromatic heterocycles. The molecule has 12 heteroatoms. The number of nitro groups is 2. The quantitative estimate of drug-likeness (QED) is 0.377. The van der Waals surface area contributed by atoms with E-state index in [2.05, 4.69) is 0 Å². The average Bonchev–Trinajstić information content (AvgIpc) is 2.95. The minimum absolute atomic E-state index is 0.0415. The van der Waals surface area contributed by atoms with Crippen LogP contribution in [0.25, 0.3) is 6.08 Å². The molecule has 0 atom stereocenters. The zero-order valence-electron chi connectivity index (χ0n) is 15.6. The largest absolute Gasteiger partial charge is 0.493 e. The summed E-state index contributed by atoms with van der Waals surface area (Å²) in [6.45, 7) is 0. The predicted octanol–water partition coefficient (Wildman–Crippen LogP) is 3.97. The maximum absolute atomic E-state index is 12.2. The Hall–Kier alpha value is -3.93. The van der Waals surface area contributed by atoms with Gasteiger partial charge in [0.25, 0.3) is 16.8 Å². The van der Waals surface area contributed by atoms with E-state index in [0.717, 1.165) is 34.9 Å². The van der Waals surface area contributed by atoms with Crippen molar-refractivity contribution in [3.05, 3.63) is 67.1 Å². The molecule has 2 amide bonds. The topological polar surface area (TPSA) is 142 Å². The van der Waals surface area contributed by atoms with Gasteiger partial charge in [-0.25, -0.2) is 0 Å². The minimum Gasteiger partial charge on any atom is -0.493 e. The number of ether oxygens (including phenoxy) is 2. The van der Waals surface area contributed by atoms with Gasteiger partial charge >= 0.3 is 5.69 Å². The highest BCUT2D eigenvalue weighted by molar-refractivity contribution is 8.18. The van der Waals surface area contributed by atoms with Crippen LogP contribution < -0.4 is 9.47 Å². The second-order valence-corrected chi connectivity index (χ2v) is 6.88. The molecule has 30 heavy (non-hydrogen) atoms. The lowest BCUT2D eigenvalue weighted by atomic mass is 10.1. The van der Waals surface area contributed by atoms with Gasteiger partial charge in [-0.05, 0) is 30.0 Å². The molecular weight excluding hydrogens is 418 g/mol. The lowest BCUT2D eigenvalue weighted by Crippen LogP contribution is -2.22. The highest BCUT2D eigenvalue weighted by Crippen LogP contribution is 2.42. The molecule has 0 radical (unpaired) electrons. The number of carbonyl (C=O) groups is 2. The number of rotatable bonds is 6. The van der Waals surface area contributed by atoms with E-state index < -0.39 is 32.4 Å². The van der Waals surface area contributed by atoms with Crippen LogP contribution in [0.15, 0.2) is 41.3 Å². The van der Waals surface area contributed by atoms with Crippen molar-refractivity contribution >= 4 is 40.4 Å². The first kappa shape index (κ1) is 20.8. The lowest BCUT2D eigenvalue weighted by molar-refractivity contribution is -0.394. The van der Waals surface area contributed by atoms with Gasteiger partial charge in [0.05, 0.1) is 27.9 Å². The van der Waals surface area contributed by atoms with Crippen molar-refractivity contribution in [2.45, 2.75) is 0 Å². The van der Waals surface area contributed by atoms with E-state index in [0.29, 0.717) is 5.56 Å². The zero-order chi connectivity index (χ0) is 22.0. The first-order valence-electron chi connectivity index (χ1n) is 8.22. The fourth-order valence-corrected chi connectivity index (χ4v) is 3.38. The average molecular weight is 431 g/mol. The van der Waals surface area contributed by atoms with Crippen LogP contribution >= 0.6 is 11.8 Å². The van der Waals surface area contributed by atoms with Crippen LogP contribution in [0.2, 0.25) is 0 Å². The van der Waals surface area contributed by atoms with Crippen molar-refractivity contribution in [3.8, 4) is 17.2 Å². The van der Waals surface area contributed by atoms with Gasteiger partial charge in [-0.3, -0.25) is 34.7 Å². The Morgan fingerprint density at radius 3 is 2.37 bits per heavy atom. The summed E-state index contributed by atoms with van der Waals surface area (Å²) in [4.78, 5) is 45.8. The van der Waals surface area contributed by atoms with Crippen molar-refractivity contribution in [2.75, 3.05) is 14.2 Å². The number of methoxy groups -OCH3 is 1. The molecule has 3 rings (SSSR count). The summed E-state index contributed by atoms with van der Waals surface area (Å²) in [5.74, 6) is -0.514. The number of non-ortho nitro benzene ring substituents is 1. The van der Waals surface area contributed by atoms with Crippen molar-refractivity contribution in [1.29, 1.82) is 0 Å². The standard InChI is InChI=1S/C18H13N3O8S/c1-19-17(22)15(30-18(19)23)8-10-4-3-5-14(28-2)16(10)29-13-7-6-11(20(24)25)9-12(13)21(26)27/h3-9H,1-2H3/b15-8+. The van der Waals surface area contributed by atoms with Gasteiger partial charge in [-0.15, -0.1) is 0 Å². The molecule has 2 aromatic carbocycles. The number of likely N-dealkylation sites (N-methyl/N-ethyl adjacent to an activating group) is 1. The Morgan fingerprint density at radius 1 is 1.07 bits per heavy atom. The van der Waals surface area contributed by atoms with Gasteiger partial charge in [0.1, 0.15) is 0 Å². The number of carbonyl (C=O) groups excluding carboxylic acids is 2. The van der Waals surface area contributed by atoms with Gasteiger partial charge < -0.3 is 9.47 Å². The Labute approximate surface area is 173 Å². The van der Waals surface area contributed by atoms with Crippen molar-refractivity contribution in [2.24, 2.45) is 0 Å². The number of amides is 2. The highest BCUT2D eigenvalue weighted by Gasteiger charge is 2.32. The summed E-state index contributed by atoms with van der Waals surface area (Å²) in [6, 6.07) is 7.67. The number of para-hydroxylation sites is 1. The molecular formula is C18H13N3O8S. The summed E-state index contributed by atoms with van der Waals surface area (Å²) in [6.07, 6.45) is 1.41. The van der Waals surface area contributed by atoms with Crippen LogP contribution in [0.4, 0.5) is 16.2 Å². The fraction of sp³-hybridized carbons (Fsp3) is 0.111. The summed E-state index contributed by atoms with van der Waals surface area (Å²) in [5, 5.41) is 21.9. The first-order chi connectivity index (χ1) is 14.2. The van der Waals surface area contributed by atoms with Gasteiger partial charge in [0.2, 0.25) is 5.75 Å². The first-order valence-corrected chi connectivity index (χ1v) is 9.03. The van der Waals surface area contributed by atoms with E-state index in [1.165, 1.54) is 26.3 Å². The van der Waals surface area contributed by atoms with Crippen molar-refractivity contribution in [1.82, 2.24) is 4.90 Å². The third-order valence-corrected chi connectivity index (χ3v) is 5.03. The smallest absolute Gasteiger partial charge is 0.318 e. The molecule has 1 heterocycles. The maximum Gasteiger partial charge on any atom is 0.318 e. The van der Waals surface area contributed by atoms with Gasteiger partial charge in [-0.1, -0.05) is 12.1 Å². The molecule has 0 spiro atoms.